The molecule has 1 heterocycles. The summed E-state index contributed by atoms with van der Waals surface area (Å²) in [4.78, 5) is 7.16. The average Bonchev–Trinajstić information content (AvgIpc) is 3.13. The molecule has 2 aliphatic rings. The van der Waals surface area contributed by atoms with Crippen LogP contribution in [0.3, 0.4) is 0 Å². The van der Waals surface area contributed by atoms with Crippen molar-refractivity contribution >= 4 is 5.82 Å². The van der Waals surface area contributed by atoms with Gasteiger partial charge in [-0.2, -0.15) is 0 Å². The molecule has 0 unspecified atom stereocenters. The minimum atomic E-state index is 0.716. The molecule has 0 aliphatic heterocycles. The van der Waals surface area contributed by atoms with Gasteiger partial charge in [-0.3, -0.25) is 0 Å². The van der Waals surface area contributed by atoms with Crippen LogP contribution in [0.5, 0.6) is 0 Å². The second-order valence-electron chi connectivity index (χ2n) is 5.90. The molecule has 0 aromatic carbocycles. The molecule has 1 N–H and O–H groups in total. The molecule has 3 rings (SSSR count). The molecular weight excluding hydrogens is 234 g/mol. The second-order valence-corrected chi connectivity index (χ2v) is 5.90. The van der Waals surface area contributed by atoms with Crippen LogP contribution >= 0.6 is 0 Å². The number of hydrogen-bond donors (Lipinski definition) is 1. The predicted molar refractivity (Wildman–Crippen MR) is 79.4 cm³/mol. The fourth-order valence-electron chi connectivity index (χ4n) is 3.06. The standard InChI is InChI=1S/C16H25N3/c1-2-19(15-5-3-4-6-15)16-10-7-13(12-18-16)11-17-14-8-9-14/h7,10,12,14-15,17H,2-6,8-9,11H2,1H3. The van der Waals surface area contributed by atoms with Crippen molar-refractivity contribution in [3.8, 4) is 0 Å². The molecule has 3 heteroatoms. The van der Waals surface area contributed by atoms with Crippen LogP contribution in [0.25, 0.3) is 0 Å². The Bertz CT molecular complexity index is 391. The first-order chi connectivity index (χ1) is 9.36. The van der Waals surface area contributed by atoms with Gasteiger partial charge in [0, 0.05) is 31.4 Å². The third-order valence-corrected chi connectivity index (χ3v) is 4.38. The predicted octanol–water partition coefficient (Wildman–Crippen LogP) is 3.10. The zero-order chi connectivity index (χ0) is 13.1. The van der Waals surface area contributed by atoms with Crippen LogP contribution in [-0.4, -0.2) is 23.6 Å². The van der Waals surface area contributed by atoms with Crippen molar-refractivity contribution in [1.82, 2.24) is 10.3 Å². The van der Waals surface area contributed by atoms with E-state index in [1.165, 1.54) is 44.1 Å². The number of aromatic nitrogens is 1. The van der Waals surface area contributed by atoms with Gasteiger partial charge in [-0.15, -0.1) is 0 Å². The van der Waals surface area contributed by atoms with Gasteiger partial charge in [-0.25, -0.2) is 4.98 Å². The highest BCUT2D eigenvalue weighted by atomic mass is 15.2. The van der Waals surface area contributed by atoms with Crippen molar-refractivity contribution in [2.45, 2.75) is 64.1 Å². The fraction of sp³-hybridized carbons (Fsp3) is 0.688. The van der Waals surface area contributed by atoms with Crippen molar-refractivity contribution in [1.29, 1.82) is 0 Å². The van der Waals surface area contributed by atoms with Crippen LogP contribution in [0.4, 0.5) is 5.82 Å². The van der Waals surface area contributed by atoms with Crippen molar-refractivity contribution in [3.05, 3.63) is 23.9 Å². The zero-order valence-corrected chi connectivity index (χ0v) is 11.9. The van der Waals surface area contributed by atoms with Crippen LogP contribution < -0.4 is 10.2 Å². The van der Waals surface area contributed by atoms with E-state index in [4.69, 9.17) is 0 Å². The van der Waals surface area contributed by atoms with E-state index in [0.717, 1.165) is 24.9 Å². The van der Waals surface area contributed by atoms with E-state index >= 15 is 0 Å². The fourth-order valence-corrected chi connectivity index (χ4v) is 3.06. The van der Waals surface area contributed by atoms with Gasteiger partial charge >= 0.3 is 0 Å². The van der Waals surface area contributed by atoms with E-state index in [-0.39, 0.29) is 0 Å². The summed E-state index contributed by atoms with van der Waals surface area (Å²) < 4.78 is 0. The van der Waals surface area contributed by atoms with Crippen LogP contribution in [0.15, 0.2) is 18.3 Å². The highest BCUT2D eigenvalue weighted by Crippen LogP contribution is 2.27. The minimum Gasteiger partial charge on any atom is -0.354 e. The topological polar surface area (TPSA) is 28.2 Å². The van der Waals surface area contributed by atoms with Gasteiger partial charge in [-0.1, -0.05) is 18.9 Å². The average molecular weight is 259 g/mol. The Morgan fingerprint density at radius 2 is 2.00 bits per heavy atom. The lowest BCUT2D eigenvalue weighted by Gasteiger charge is -2.28. The third kappa shape index (κ3) is 3.27. The summed E-state index contributed by atoms with van der Waals surface area (Å²) in [5, 5.41) is 3.54. The summed E-state index contributed by atoms with van der Waals surface area (Å²) in [5.41, 5.74) is 1.30. The Balaban J connectivity index is 1.62. The summed E-state index contributed by atoms with van der Waals surface area (Å²) in [6.45, 7) is 4.27. The molecule has 0 spiro atoms. The van der Waals surface area contributed by atoms with Crippen molar-refractivity contribution < 1.29 is 0 Å². The zero-order valence-electron chi connectivity index (χ0n) is 11.9. The smallest absolute Gasteiger partial charge is 0.128 e. The molecule has 0 saturated heterocycles. The normalized spacial score (nSPS) is 19.8. The molecule has 104 valence electrons. The molecule has 3 nitrogen and oxygen atoms in total. The Morgan fingerprint density at radius 3 is 2.58 bits per heavy atom. The van der Waals surface area contributed by atoms with Gasteiger partial charge in [-0.05, 0) is 44.2 Å². The molecule has 2 fully saturated rings. The Morgan fingerprint density at radius 1 is 1.21 bits per heavy atom. The summed E-state index contributed by atoms with van der Waals surface area (Å²) >= 11 is 0. The Labute approximate surface area is 116 Å². The first-order valence-electron chi connectivity index (χ1n) is 7.82. The van der Waals surface area contributed by atoms with Gasteiger partial charge < -0.3 is 10.2 Å². The van der Waals surface area contributed by atoms with Gasteiger partial charge in [0.05, 0.1) is 0 Å². The molecule has 0 amide bonds. The summed E-state index contributed by atoms with van der Waals surface area (Å²) in [5.74, 6) is 1.16. The first-order valence-corrected chi connectivity index (χ1v) is 7.82. The molecule has 19 heavy (non-hydrogen) atoms. The van der Waals surface area contributed by atoms with Crippen LogP contribution in [-0.2, 0) is 6.54 Å². The number of hydrogen-bond acceptors (Lipinski definition) is 3. The third-order valence-electron chi connectivity index (χ3n) is 4.38. The number of nitrogens with one attached hydrogen (secondary N) is 1. The largest absolute Gasteiger partial charge is 0.354 e. The van der Waals surface area contributed by atoms with Crippen LogP contribution in [0, 0.1) is 0 Å². The molecule has 2 saturated carbocycles. The maximum absolute atomic E-state index is 4.68. The molecule has 0 radical (unpaired) electrons. The molecule has 0 atom stereocenters. The van der Waals surface area contributed by atoms with E-state index in [1.54, 1.807) is 0 Å². The Kier molecular flexibility index (Phi) is 4.02. The quantitative estimate of drug-likeness (QED) is 0.851. The summed E-state index contributed by atoms with van der Waals surface area (Å²) in [7, 11) is 0. The van der Waals surface area contributed by atoms with Crippen LogP contribution in [0.2, 0.25) is 0 Å². The lowest BCUT2D eigenvalue weighted by molar-refractivity contribution is 0.612. The maximum atomic E-state index is 4.68. The number of pyridine rings is 1. The summed E-state index contributed by atoms with van der Waals surface area (Å²) in [6.07, 6.45) is 10.2. The van der Waals surface area contributed by atoms with Gasteiger partial charge in [0.1, 0.15) is 5.82 Å². The molecule has 0 bridgehead atoms. The second kappa shape index (κ2) is 5.91. The minimum absolute atomic E-state index is 0.716. The van der Waals surface area contributed by atoms with Gasteiger partial charge in [0.25, 0.3) is 0 Å². The lowest BCUT2D eigenvalue weighted by Crippen LogP contribution is -2.33. The van der Waals surface area contributed by atoms with Crippen molar-refractivity contribution in [2.75, 3.05) is 11.4 Å². The van der Waals surface area contributed by atoms with Crippen LogP contribution in [0.1, 0.15) is 51.0 Å². The highest BCUT2D eigenvalue weighted by Gasteiger charge is 2.22. The molecule has 2 aliphatic carbocycles. The SMILES string of the molecule is CCN(c1ccc(CNC2CC2)cn1)C1CCCC1. The van der Waals surface area contributed by atoms with Crippen molar-refractivity contribution in [2.24, 2.45) is 0 Å². The van der Waals surface area contributed by atoms with E-state index in [9.17, 15) is 0 Å². The van der Waals surface area contributed by atoms with Crippen molar-refractivity contribution in [3.63, 3.8) is 0 Å². The summed E-state index contributed by atoms with van der Waals surface area (Å²) in [6, 6.07) is 5.92. The Hall–Kier alpha value is -1.09. The van der Waals surface area contributed by atoms with E-state index in [2.05, 4.69) is 34.3 Å². The monoisotopic (exact) mass is 259 g/mol. The van der Waals surface area contributed by atoms with Gasteiger partial charge in [0.15, 0.2) is 0 Å². The number of anilines is 1. The molecule has 1 aromatic heterocycles. The van der Waals surface area contributed by atoms with E-state index in [1.807, 2.05) is 6.20 Å². The van der Waals surface area contributed by atoms with E-state index < -0.39 is 0 Å². The highest BCUT2D eigenvalue weighted by molar-refractivity contribution is 5.40. The van der Waals surface area contributed by atoms with E-state index in [0.29, 0.717) is 6.04 Å². The molecule has 1 aromatic rings. The first kappa shape index (κ1) is 12.9. The maximum Gasteiger partial charge on any atom is 0.128 e. The molecular formula is C16H25N3. The lowest BCUT2D eigenvalue weighted by atomic mass is 10.2. The van der Waals surface area contributed by atoms with Gasteiger partial charge in [0.2, 0.25) is 0 Å². The number of rotatable bonds is 6. The number of nitrogens with zero attached hydrogens (tertiary/aromatic N) is 2.